The monoisotopic (exact) mass is 571 g/mol. The Balaban J connectivity index is 1.05. The SMILES string of the molecule is O=C1Cc2cc(C(=O)NC3CC4CCC(C3)N4S(=O)(=O)N3CCC(NCc4ccccc4)CC3)c(Cl)cc2N1. The van der Waals surface area contributed by atoms with Crippen molar-refractivity contribution in [3.05, 3.63) is 64.2 Å². The first-order valence-corrected chi connectivity index (χ1v) is 15.5. The summed E-state index contributed by atoms with van der Waals surface area (Å²) in [4.78, 5) is 24.8. The van der Waals surface area contributed by atoms with Crippen molar-refractivity contribution < 1.29 is 18.0 Å². The number of nitrogens with one attached hydrogen (secondary N) is 3. The molecule has 4 heterocycles. The van der Waals surface area contributed by atoms with Crippen molar-refractivity contribution in [1.82, 2.24) is 19.2 Å². The van der Waals surface area contributed by atoms with Crippen LogP contribution in [0.2, 0.25) is 5.02 Å². The molecule has 2 atom stereocenters. The minimum Gasteiger partial charge on any atom is -0.349 e. The third-order valence-corrected chi connectivity index (χ3v) is 11.0. The predicted molar refractivity (Wildman–Crippen MR) is 150 cm³/mol. The van der Waals surface area contributed by atoms with E-state index in [1.165, 1.54) is 5.56 Å². The molecule has 208 valence electrons. The summed E-state index contributed by atoms with van der Waals surface area (Å²) in [6.07, 6.45) is 4.58. The van der Waals surface area contributed by atoms with E-state index < -0.39 is 10.2 Å². The Bertz CT molecular complexity index is 1350. The largest absolute Gasteiger partial charge is 0.349 e. The van der Waals surface area contributed by atoms with Crippen LogP contribution in [-0.4, -0.2) is 66.1 Å². The third-order valence-electron chi connectivity index (χ3n) is 8.55. The molecule has 0 spiro atoms. The molecule has 2 aromatic carbocycles. The Morgan fingerprint density at radius 3 is 2.38 bits per heavy atom. The number of nitrogens with zero attached hydrogens (tertiary/aromatic N) is 2. The Labute approximate surface area is 234 Å². The molecule has 0 radical (unpaired) electrons. The summed E-state index contributed by atoms with van der Waals surface area (Å²) < 4.78 is 30.8. The van der Waals surface area contributed by atoms with E-state index in [-0.39, 0.29) is 41.4 Å². The maximum Gasteiger partial charge on any atom is 0.282 e. The second-order valence-corrected chi connectivity index (χ2v) is 13.4. The molecule has 39 heavy (non-hydrogen) atoms. The van der Waals surface area contributed by atoms with Crippen LogP contribution in [0.3, 0.4) is 0 Å². The summed E-state index contributed by atoms with van der Waals surface area (Å²) in [6, 6.07) is 13.5. The van der Waals surface area contributed by atoms with Crippen LogP contribution in [0.4, 0.5) is 5.69 Å². The summed E-state index contributed by atoms with van der Waals surface area (Å²) in [5, 5.41) is 9.70. The van der Waals surface area contributed by atoms with Crippen LogP contribution in [0.1, 0.15) is 60.0 Å². The molecule has 4 aliphatic heterocycles. The zero-order chi connectivity index (χ0) is 27.1. The van der Waals surface area contributed by atoms with Crippen molar-refractivity contribution >= 4 is 39.3 Å². The summed E-state index contributed by atoms with van der Waals surface area (Å²) in [7, 11) is -3.57. The van der Waals surface area contributed by atoms with E-state index in [0.29, 0.717) is 43.2 Å². The molecule has 0 saturated carbocycles. The van der Waals surface area contributed by atoms with Crippen LogP contribution in [0.15, 0.2) is 42.5 Å². The molecule has 0 aliphatic carbocycles. The lowest BCUT2D eigenvalue weighted by molar-refractivity contribution is -0.115. The number of piperidine rings is 2. The second kappa shape index (κ2) is 10.8. The smallest absolute Gasteiger partial charge is 0.282 e. The molecule has 4 aliphatic rings. The Hall–Kier alpha value is -2.50. The van der Waals surface area contributed by atoms with Gasteiger partial charge >= 0.3 is 0 Å². The number of amides is 2. The van der Waals surface area contributed by atoms with Gasteiger partial charge in [-0.25, -0.2) is 0 Å². The number of halogens is 1. The predicted octanol–water partition coefficient (Wildman–Crippen LogP) is 3.06. The lowest BCUT2D eigenvalue weighted by Gasteiger charge is -2.42. The topological polar surface area (TPSA) is 111 Å². The van der Waals surface area contributed by atoms with Crippen LogP contribution in [0.25, 0.3) is 0 Å². The number of hydrogen-bond acceptors (Lipinski definition) is 5. The molecule has 6 rings (SSSR count). The van der Waals surface area contributed by atoms with Crippen molar-refractivity contribution in [1.29, 1.82) is 0 Å². The summed E-state index contributed by atoms with van der Waals surface area (Å²) >= 11 is 6.36. The first-order chi connectivity index (χ1) is 18.8. The van der Waals surface area contributed by atoms with Gasteiger partial charge in [-0.1, -0.05) is 41.9 Å². The van der Waals surface area contributed by atoms with Gasteiger partial charge in [0.2, 0.25) is 5.91 Å². The molecule has 11 heteroatoms. The number of hydrogen-bond donors (Lipinski definition) is 3. The fourth-order valence-corrected chi connectivity index (χ4v) is 8.92. The summed E-state index contributed by atoms with van der Waals surface area (Å²) in [6.45, 7) is 1.81. The van der Waals surface area contributed by atoms with E-state index >= 15 is 0 Å². The van der Waals surface area contributed by atoms with Crippen molar-refractivity contribution in [3.63, 3.8) is 0 Å². The quantitative estimate of drug-likeness (QED) is 0.473. The van der Waals surface area contributed by atoms with Crippen LogP contribution < -0.4 is 16.0 Å². The van der Waals surface area contributed by atoms with E-state index in [1.807, 2.05) is 18.2 Å². The van der Waals surface area contributed by atoms with Crippen LogP contribution in [0, 0.1) is 0 Å². The molecule has 3 N–H and O–H groups in total. The molecule has 3 fully saturated rings. The fourth-order valence-electron chi connectivity index (χ4n) is 6.60. The first kappa shape index (κ1) is 26.7. The van der Waals surface area contributed by atoms with Gasteiger partial charge in [0.15, 0.2) is 0 Å². The molecule has 9 nitrogen and oxygen atoms in total. The highest BCUT2D eigenvalue weighted by Crippen LogP contribution is 2.39. The highest BCUT2D eigenvalue weighted by molar-refractivity contribution is 7.86. The molecule has 3 saturated heterocycles. The maximum atomic E-state index is 13.7. The van der Waals surface area contributed by atoms with Crippen molar-refractivity contribution in [2.45, 2.75) is 75.7 Å². The minimum absolute atomic E-state index is 0.114. The van der Waals surface area contributed by atoms with Crippen molar-refractivity contribution in [2.75, 3.05) is 18.4 Å². The molecule has 2 aromatic rings. The number of carbonyl (C=O) groups excluding carboxylic acids is 2. The van der Waals surface area contributed by atoms with Gasteiger partial charge in [-0.05, 0) is 61.8 Å². The van der Waals surface area contributed by atoms with Gasteiger partial charge in [-0.3, -0.25) is 9.59 Å². The number of benzene rings is 2. The average molecular weight is 572 g/mol. The lowest BCUT2D eigenvalue weighted by Crippen LogP contribution is -2.57. The first-order valence-electron chi connectivity index (χ1n) is 13.8. The van der Waals surface area contributed by atoms with E-state index in [9.17, 15) is 18.0 Å². The number of anilines is 1. The molecule has 2 bridgehead atoms. The van der Waals surface area contributed by atoms with Gasteiger partial charge < -0.3 is 16.0 Å². The van der Waals surface area contributed by atoms with E-state index in [2.05, 4.69) is 28.1 Å². The van der Waals surface area contributed by atoms with E-state index in [4.69, 9.17) is 11.6 Å². The van der Waals surface area contributed by atoms with Gasteiger partial charge in [0.05, 0.1) is 17.0 Å². The lowest BCUT2D eigenvalue weighted by atomic mass is 9.99. The standard InChI is InChI=1S/C28H34ClN5O4S/c29-25-16-26-19(13-27(35)32-26)12-24(25)28(36)31-21-14-22-6-7-23(15-21)34(22)39(37,38)33-10-8-20(9-11-33)30-17-18-4-2-1-3-5-18/h1-5,12,16,20-23,30H,6-11,13-15,17H2,(H,31,36)(H,32,35). The molecular weight excluding hydrogens is 538 g/mol. The van der Waals surface area contributed by atoms with E-state index in [1.54, 1.807) is 20.7 Å². The molecule has 0 aromatic heterocycles. The Morgan fingerprint density at radius 2 is 1.69 bits per heavy atom. The van der Waals surface area contributed by atoms with Crippen LogP contribution in [-0.2, 0) is 28.0 Å². The van der Waals surface area contributed by atoms with E-state index in [0.717, 1.165) is 37.8 Å². The molecule has 2 unspecified atom stereocenters. The van der Waals surface area contributed by atoms with Crippen molar-refractivity contribution in [3.8, 4) is 0 Å². The van der Waals surface area contributed by atoms with Gasteiger partial charge in [-0.15, -0.1) is 0 Å². The summed E-state index contributed by atoms with van der Waals surface area (Å²) in [5.41, 5.74) is 2.98. The Morgan fingerprint density at radius 1 is 1.00 bits per heavy atom. The van der Waals surface area contributed by atoms with Gasteiger partial charge in [0, 0.05) is 49.5 Å². The zero-order valence-electron chi connectivity index (χ0n) is 21.7. The minimum atomic E-state index is -3.57. The van der Waals surface area contributed by atoms with Crippen LogP contribution in [0.5, 0.6) is 0 Å². The average Bonchev–Trinajstić information content (AvgIpc) is 3.43. The van der Waals surface area contributed by atoms with Gasteiger partial charge in [0.25, 0.3) is 16.1 Å². The third kappa shape index (κ3) is 5.45. The highest BCUT2D eigenvalue weighted by atomic mass is 35.5. The fraction of sp³-hybridized carbons (Fsp3) is 0.500. The van der Waals surface area contributed by atoms with Crippen molar-refractivity contribution in [2.24, 2.45) is 0 Å². The number of fused-ring (bicyclic) bond motifs is 3. The van der Waals surface area contributed by atoms with Gasteiger partial charge in [0.1, 0.15) is 0 Å². The molecule has 2 amide bonds. The zero-order valence-corrected chi connectivity index (χ0v) is 23.3. The number of rotatable bonds is 7. The maximum absolute atomic E-state index is 13.7. The molecular formula is C28H34ClN5O4S. The second-order valence-electron chi connectivity index (χ2n) is 11.1. The normalized spacial score (nSPS) is 25.9. The van der Waals surface area contributed by atoms with Gasteiger partial charge in [-0.2, -0.15) is 17.0 Å². The van der Waals surface area contributed by atoms with Crippen LogP contribution >= 0.6 is 11.6 Å². The highest BCUT2D eigenvalue weighted by Gasteiger charge is 2.49. The summed E-state index contributed by atoms with van der Waals surface area (Å²) in [5.74, 6) is -0.399. The number of carbonyl (C=O) groups is 2. The Kier molecular flexibility index (Phi) is 7.41.